The summed E-state index contributed by atoms with van der Waals surface area (Å²) >= 11 is 0. The number of likely N-dealkylation sites (tertiary alicyclic amines) is 1. The van der Waals surface area contributed by atoms with Crippen LogP contribution in [0, 0.1) is 11.7 Å². The van der Waals surface area contributed by atoms with E-state index in [4.69, 9.17) is 0 Å². The Morgan fingerprint density at radius 2 is 1.81 bits per heavy atom. The van der Waals surface area contributed by atoms with E-state index in [9.17, 15) is 22.4 Å². The molecule has 8 nitrogen and oxygen atoms in total. The molecule has 0 saturated carbocycles. The molecule has 0 aliphatic carbocycles. The van der Waals surface area contributed by atoms with Crippen molar-refractivity contribution in [3.8, 4) is 0 Å². The van der Waals surface area contributed by atoms with E-state index in [1.807, 2.05) is 0 Å². The first-order chi connectivity index (χ1) is 15.3. The van der Waals surface area contributed by atoms with E-state index in [2.05, 4.69) is 10.3 Å². The van der Waals surface area contributed by atoms with Crippen molar-refractivity contribution >= 4 is 21.8 Å². The lowest BCUT2D eigenvalue weighted by Gasteiger charge is -2.31. The topological polar surface area (TPSA) is 103 Å². The Bertz CT molecular complexity index is 1080. The average molecular weight is 463 g/mol. The third-order valence-electron chi connectivity index (χ3n) is 6.05. The van der Waals surface area contributed by atoms with Crippen molar-refractivity contribution in [1.82, 2.24) is 19.5 Å². The van der Waals surface area contributed by atoms with Gasteiger partial charge >= 0.3 is 0 Å². The largest absolute Gasteiger partial charge is 0.356 e. The highest BCUT2D eigenvalue weighted by Crippen LogP contribution is 2.25. The van der Waals surface area contributed by atoms with Crippen molar-refractivity contribution in [2.24, 2.45) is 5.92 Å². The molecule has 1 aromatic heterocycles. The van der Waals surface area contributed by atoms with Gasteiger partial charge in [-0.15, -0.1) is 0 Å². The van der Waals surface area contributed by atoms with Crippen LogP contribution in [-0.2, 0) is 21.4 Å². The number of piperidine rings is 1. The summed E-state index contributed by atoms with van der Waals surface area (Å²) in [4.78, 5) is 29.7. The first-order valence-electron chi connectivity index (χ1n) is 10.8. The molecule has 0 unspecified atom stereocenters. The molecule has 1 aromatic carbocycles. The van der Waals surface area contributed by atoms with Crippen LogP contribution < -0.4 is 5.32 Å². The van der Waals surface area contributed by atoms with Crippen molar-refractivity contribution in [1.29, 1.82) is 0 Å². The first kappa shape index (κ1) is 22.5. The van der Waals surface area contributed by atoms with Crippen molar-refractivity contribution in [2.75, 3.05) is 26.2 Å². The molecule has 2 amide bonds. The highest BCUT2D eigenvalue weighted by molar-refractivity contribution is 7.89. The fourth-order valence-electron chi connectivity index (χ4n) is 4.20. The van der Waals surface area contributed by atoms with E-state index in [1.165, 1.54) is 28.7 Å². The summed E-state index contributed by atoms with van der Waals surface area (Å²) in [6.45, 7) is 2.02. The quantitative estimate of drug-likeness (QED) is 0.686. The Kier molecular flexibility index (Phi) is 6.61. The van der Waals surface area contributed by atoms with Crippen molar-refractivity contribution in [2.45, 2.75) is 37.1 Å². The number of hydrogen-bond acceptors (Lipinski definition) is 4. The minimum Gasteiger partial charge on any atom is -0.356 e. The highest BCUT2D eigenvalue weighted by Gasteiger charge is 2.34. The van der Waals surface area contributed by atoms with Crippen LogP contribution >= 0.6 is 0 Å². The summed E-state index contributed by atoms with van der Waals surface area (Å²) in [5.41, 5.74) is 1.03. The third kappa shape index (κ3) is 4.86. The fraction of sp³-hybridized carbons (Fsp3) is 0.455. The summed E-state index contributed by atoms with van der Waals surface area (Å²) in [5.74, 6) is -1.24. The molecule has 4 rings (SSSR count). The lowest BCUT2D eigenvalue weighted by Crippen LogP contribution is -2.45. The molecule has 3 heterocycles. The lowest BCUT2D eigenvalue weighted by molar-refractivity contribution is -0.126. The van der Waals surface area contributed by atoms with Crippen LogP contribution in [0.1, 0.15) is 41.7 Å². The van der Waals surface area contributed by atoms with Crippen LogP contribution in [0.5, 0.6) is 0 Å². The van der Waals surface area contributed by atoms with E-state index < -0.39 is 15.9 Å². The Balaban J connectivity index is 1.39. The van der Waals surface area contributed by atoms with Gasteiger partial charge in [-0.05, 0) is 49.4 Å². The molecule has 0 spiro atoms. The van der Waals surface area contributed by atoms with Crippen LogP contribution in [0.2, 0.25) is 0 Å². The van der Waals surface area contributed by atoms with Crippen molar-refractivity contribution < 1.29 is 22.4 Å². The number of nitrogens with zero attached hydrogens (tertiary/aromatic N) is 2. The molecule has 0 bridgehead atoms. The molecule has 10 heteroatoms. The Morgan fingerprint density at radius 3 is 2.53 bits per heavy atom. The minimum absolute atomic E-state index is 0.0346. The van der Waals surface area contributed by atoms with Gasteiger partial charge in [0.15, 0.2) is 0 Å². The molecule has 2 aromatic rings. The standard InChI is InChI=1S/C22H27FN4O4S/c23-18-7-5-16(6-8-18)13-25-21(28)17-4-3-11-27(15-17)32(30,31)19-12-20(24-14-19)22(29)26-9-1-2-10-26/h5-8,12,14,17,24H,1-4,9-11,13,15H2,(H,25,28)/t17-/m1/s1. The second-order valence-corrected chi connectivity index (χ2v) is 10.2. The second-order valence-electron chi connectivity index (χ2n) is 8.29. The number of aromatic nitrogens is 1. The molecule has 2 N–H and O–H groups in total. The molecular weight excluding hydrogens is 435 g/mol. The van der Waals surface area contributed by atoms with Gasteiger partial charge in [-0.3, -0.25) is 9.59 Å². The van der Waals surface area contributed by atoms with Crippen LogP contribution in [-0.4, -0.2) is 60.6 Å². The van der Waals surface area contributed by atoms with Crippen LogP contribution in [0.4, 0.5) is 4.39 Å². The molecule has 0 radical (unpaired) electrons. The predicted molar refractivity (Wildman–Crippen MR) is 116 cm³/mol. The number of rotatable bonds is 6. The number of benzene rings is 1. The van der Waals surface area contributed by atoms with Gasteiger partial charge in [0.1, 0.15) is 16.4 Å². The minimum atomic E-state index is -3.83. The normalized spacial score (nSPS) is 19.8. The van der Waals surface area contributed by atoms with Crippen LogP contribution in [0.25, 0.3) is 0 Å². The maximum Gasteiger partial charge on any atom is 0.270 e. The third-order valence-corrected chi connectivity index (χ3v) is 7.90. The predicted octanol–water partition coefficient (Wildman–Crippen LogP) is 2.11. The fourth-order valence-corrected chi connectivity index (χ4v) is 5.72. The second kappa shape index (κ2) is 9.41. The smallest absolute Gasteiger partial charge is 0.270 e. The number of carbonyl (C=O) groups is 2. The Hall–Kier alpha value is -2.72. The summed E-state index contributed by atoms with van der Waals surface area (Å²) in [5, 5.41) is 2.81. The number of amides is 2. The van der Waals surface area contributed by atoms with Crippen LogP contribution in [0.3, 0.4) is 0 Å². The average Bonchev–Trinajstić information content (AvgIpc) is 3.51. The maximum atomic E-state index is 13.1. The van der Waals surface area contributed by atoms with Gasteiger partial charge in [-0.1, -0.05) is 12.1 Å². The molecule has 2 aliphatic rings. The number of carbonyl (C=O) groups excluding carboxylic acids is 2. The SMILES string of the molecule is O=C(NCc1ccc(F)cc1)[C@@H]1CCCN(S(=O)(=O)c2c[nH]c(C(=O)N3CCCC3)c2)C1. The van der Waals surface area contributed by atoms with E-state index in [0.717, 1.165) is 18.4 Å². The highest BCUT2D eigenvalue weighted by atomic mass is 32.2. The number of nitrogens with one attached hydrogen (secondary N) is 2. The zero-order valence-electron chi connectivity index (χ0n) is 17.7. The molecule has 2 fully saturated rings. The monoisotopic (exact) mass is 462 g/mol. The Morgan fingerprint density at radius 1 is 1.09 bits per heavy atom. The number of H-pyrrole nitrogens is 1. The molecule has 172 valence electrons. The van der Waals surface area contributed by atoms with Gasteiger partial charge in [0.2, 0.25) is 15.9 Å². The molecule has 2 saturated heterocycles. The number of sulfonamides is 1. The van der Waals surface area contributed by atoms with Crippen molar-refractivity contribution in [3.63, 3.8) is 0 Å². The van der Waals surface area contributed by atoms with E-state index in [0.29, 0.717) is 32.5 Å². The molecule has 1 atom stereocenters. The van der Waals surface area contributed by atoms with Gasteiger partial charge in [0.05, 0.1) is 5.92 Å². The van der Waals surface area contributed by atoms with E-state index in [-0.39, 0.29) is 41.3 Å². The van der Waals surface area contributed by atoms with Gasteiger partial charge in [-0.25, -0.2) is 12.8 Å². The number of hydrogen-bond donors (Lipinski definition) is 2. The maximum absolute atomic E-state index is 13.1. The summed E-state index contributed by atoms with van der Waals surface area (Å²) in [6, 6.07) is 7.24. The molecule has 2 aliphatic heterocycles. The van der Waals surface area contributed by atoms with E-state index >= 15 is 0 Å². The zero-order chi connectivity index (χ0) is 22.7. The van der Waals surface area contributed by atoms with Crippen molar-refractivity contribution in [3.05, 3.63) is 53.6 Å². The van der Waals surface area contributed by atoms with Gasteiger partial charge < -0.3 is 15.2 Å². The lowest BCUT2D eigenvalue weighted by atomic mass is 9.99. The van der Waals surface area contributed by atoms with Crippen LogP contribution in [0.15, 0.2) is 41.4 Å². The first-order valence-corrected chi connectivity index (χ1v) is 12.3. The summed E-state index contributed by atoms with van der Waals surface area (Å²) in [7, 11) is -3.83. The van der Waals surface area contributed by atoms with Gasteiger partial charge in [-0.2, -0.15) is 4.31 Å². The number of halogens is 1. The summed E-state index contributed by atoms with van der Waals surface area (Å²) < 4.78 is 40.6. The zero-order valence-corrected chi connectivity index (χ0v) is 18.5. The summed E-state index contributed by atoms with van der Waals surface area (Å²) in [6.07, 6.45) is 4.41. The van der Waals surface area contributed by atoms with E-state index in [1.54, 1.807) is 17.0 Å². The van der Waals surface area contributed by atoms with Gasteiger partial charge in [0.25, 0.3) is 5.91 Å². The number of aromatic amines is 1. The Labute approximate surface area is 186 Å². The molecular formula is C22H27FN4O4S. The molecule has 32 heavy (non-hydrogen) atoms. The van der Waals surface area contributed by atoms with Gasteiger partial charge in [0, 0.05) is 38.9 Å².